The number of aromatic nitrogens is 4. The third kappa shape index (κ3) is 3.13. The second-order valence-electron chi connectivity index (χ2n) is 7.22. The van der Waals surface area contributed by atoms with Crippen LogP contribution in [0.1, 0.15) is 11.3 Å². The Morgan fingerprint density at radius 2 is 1.54 bits per heavy atom. The summed E-state index contributed by atoms with van der Waals surface area (Å²) < 4.78 is 0. The van der Waals surface area contributed by atoms with Crippen molar-refractivity contribution in [2.75, 3.05) is 47.4 Å². The number of rotatable bonds is 3. The van der Waals surface area contributed by atoms with Crippen molar-refractivity contribution in [3.8, 4) is 0 Å². The normalized spacial score (nSPS) is 16.4. The second kappa shape index (κ2) is 7.07. The van der Waals surface area contributed by atoms with E-state index in [-0.39, 0.29) is 0 Å². The number of hydrogen-bond acceptors (Lipinski definition) is 7. The molecule has 0 radical (unpaired) electrons. The molecule has 0 amide bonds. The summed E-state index contributed by atoms with van der Waals surface area (Å²) in [6.45, 7) is 6.53. The molecule has 1 fully saturated rings. The molecule has 5 rings (SSSR count). The summed E-state index contributed by atoms with van der Waals surface area (Å²) >= 11 is 0. The van der Waals surface area contributed by atoms with Crippen LogP contribution in [0, 0.1) is 6.92 Å². The first-order valence-electron chi connectivity index (χ1n) is 9.76. The molecule has 4 heterocycles. The Morgan fingerprint density at radius 3 is 2.36 bits per heavy atom. The zero-order valence-electron chi connectivity index (χ0n) is 16.0. The van der Waals surface area contributed by atoms with Crippen molar-refractivity contribution in [2.45, 2.75) is 13.3 Å². The van der Waals surface area contributed by atoms with E-state index in [2.05, 4.69) is 55.0 Å². The number of nitrogens with zero attached hydrogens (tertiary/aromatic N) is 7. The van der Waals surface area contributed by atoms with E-state index < -0.39 is 0 Å². The minimum atomic E-state index is 0.800. The van der Waals surface area contributed by atoms with Gasteiger partial charge in [-0.3, -0.25) is 0 Å². The van der Waals surface area contributed by atoms with Crippen LogP contribution in [-0.2, 0) is 6.42 Å². The van der Waals surface area contributed by atoms with E-state index >= 15 is 0 Å². The fourth-order valence-corrected chi connectivity index (χ4v) is 3.96. The van der Waals surface area contributed by atoms with Crippen molar-refractivity contribution >= 4 is 23.4 Å². The largest absolute Gasteiger partial charge is 0.353 e. The van der Waals surface area contributed by atoms with Gasteiger partial charge in [-0.1, -0.05) is 18.2 Å². The molecule has 0 N–H and O–H groups in total. The van der Waals surface area contributed by atoms with Crippen LogP contribution < -0.4 is 14.7 Å². The predicted octanol–water partition coefficient (Wildman–Crippen LogP) is 2.60. The van der Waals surface area contributed by atoms with Crippen molar-refractivity contribution in [1.82, 2.24) is 19.9 Å². The number of benzene rings is 1. The van der Waals surface area contributed by atoms with Crippen LogP contribution >= 0.6 is 0 Å². The van der Waals surface area contributed by atoms with Crippen LogP contribution in [0.4, 0.5) is 23.4 Å². The maximum atomic E-state index is 4.93. The van der Waals surface area contributed by atoms with Gasteiger partial charge in [-0.05, 0) is 31.0 Å². The number of fused-ring (bicyclic) bond motifs is 1. The standard InChI is InChI=1S/C21H23N7/c1-16-15-19(26-11-13-27(14-12-26)20-22-8-4-9-23-20)25-21(24-16)28-10-7-17-5-2-3-6-18(17)28/h2-6,8-9,15H,7,10-14H2,1H3. The summed E-state index contributed by atoms with van der Waals surface area (Å²) in [5.41, 5.74) is 3.59. The van der Waals surface area contributed by atoms with Gasteiger partial charge in [-0.2, -0.15) is 4.98 Å². The Bertz CT molecular complexity index is 967. The van der Waals surface area contributed by atoms with Crippen molar-refractivity contribution in [3.05, 3.63) is 60.0 Å². The monoisotopic (exact) mass is 373 g/mol. The molecule has 0 spiro atoms. The summed E-state index contributed by atoms with van der Waals surface area (Å²) in [5.74, 6) is 2.60. The maximum absolute atomic E-state index is 4.93. The van der Waals surface area contributed by atoms with Gasteiger partial charge in [0, 0.05) is 62.6 Å². The molecule has 7 heteroatoms. The van der Waals surface area contributed by atoms with E-state index in [1.807, 2.05) is 13.0 Å². The van der Waals surface area contributed by atoms with Crippen molar-refractivity contribution in [2.24, 2.45) is 0 Å². The van der Waals surface area contributed by atoms with Gasteiger partial charge in [0.15, 0.2) is 0 Å². The van der Waals surface area contributed by atoms with Crippen LogP contribution in [0.5, 0.6) is 0 Å². The van der Waals surface area contributed by atoms with Crippen LogP contribution in [-0.4, -0.2) is 52.7 Å². The Kier molecular flexibility index (Phi) is 4.27. The van der Waals surface area contributed by atoms with Gasteiger partial charge in [-0.25, -0.2) is 15.0 Å². The zero-order chi connectivity index (χ0) is 18.9. The Balaban J connectivity index is 1.36. The average Bonchev–Trinajstić information content (AvgIpc) is 3.18. The minimum Gasteiger partial charge on any atom is -0.353 e. The van der Waals surface area contributed by atoms with Crippen LogP contribution in [0.2, 0.25) is 0 Å². The Hall–Kier alpha value is -3.22. The zero-order valence-corrected chi connectivity index (χ0v) is 16.0. The number of piperazine rings is 1. The van der Waals surface area contributed by atoms with Crippen molar-refractivity contribution < 1.29 is 0 Å². The van der Waals surface area contributed by atoms with E-state index in [1.165, 1.54) is 11.3 Å². The summed E-state index contributed by atoms with van der Waals surface area (Å²) in [4.78, 5) is 25.2. The average molecular weight is 373 g/mol. The third-order valence-corrected chi connectivity index (χ3v) is 5.40. The molecule has 0 unspecified atom stereocenters. The first kappa shape index (κ1) is 16.9. The summed E-state index contributed by atoms with van der Waals surface area (Å²) in [7, 11) is 0. The minimum absolute atomic E-state index is 0.800. The van der Waals surface area contributed by atoms with Crippen LogP contribution in [0.3, 0.4) is 0 Å². The lowest BCUT2D eigenvalue weighted by atomic mass is 10.2. The highest BCUT2D eigenvalue weighted by Gasteiger charge is 2.25. The molecular weight excluding hydrogens is 350 g/mol. The van der Waals surface area contributed by atoms with Crippen LogP contribution in [0.25, 0.3) is 0 Å². The van der Waals surface area contributed by atoms with Crippen molar-refractivity contribution in [3.63, 3.8) is 0 Å². The Morgan fingerprint density at radius 1 is 0.786 bits per heavy atom. The predicted molar refractivity (Wildman–Crippen MR) is 110 cm³/mol. The van der Waals surface area contributed by atoms with E-state index in [1.54, 1.807) is 12.4 Å². The number of para-hydroxylation sites is 1. The fourth-order valence-electron chi connectivity index (χ4n) is 3.96. The molecule has 1 saturated heterocycles. The van der Waals surface area contributed by atoms with E-state index in [4.69, 9.17) is 9.97 Å². The van der Waals surface area contributed by atoms with E-state index in [0.29, 0.717) is 0 Å². The lowest BCUT2D eigenvalue weighted by Gasteiger charge is -2.35. The number of anilines is 4. The molecule has 2 aliphatic rings. The molecule has 28 heavy (non-hydrogen) atoms. The molecule has 0 saturated carbocycles. The SMILES string of the molecule is Cc1cc(N2CCN(c3ncccn3)CC2)nc(N2CCc3ccccc32)n1. The van der Waals surface area contributed by atoms with E-state index in [0.717, 1.165) is 62.6 Å². The van der Waals surface area contributed by atoms with Gasteiger partial charge < -0.3 is 14.7 Å². The lowest BCUT2D eigenvalue weighted by Crippen LogP contribution is -2.47. The highest BCUT2D eigenvalue weighted by atomic mass is 15.4. The van der Waals surface area contributed by atoms with Crippen LogP contribution in [0.15, 0.2) is 48.8 Å². The number of hydrogen-bond donors (Lipinski definition) is 0. The molecule has 0 atom stereocenters. The molecule has 7 nitrogen and oxygen atoms in total. The second-order valence-corrected chi connectivity index (χ2v) is 7.22. The molecule has 0 bridgehead atoms. The summed E-state index contributed by atoms with van der Waals surface area (Å²) in [6, 6.07) is 12.5. The molecule has 2 aromatic heterocycles. The van der Waals surface area contributed by atoms with Crippen molar-refractivity contribution in [1.29, 1.82) is 0 Å². The van der Waals surface area contributed by atoms with Gasteiger partial charge in [0.1, 0.15) is 5.82 Å². The first-order valence-corrected chi connectivity index (χ1v) is 9.76. The van der Waals surface area contributed by atoms with Gasteiger partial charge >= 0.3 is 0 Å². The molecule has 0 aliphatic carbocycles. The first-order chi connectivity index (χ1) is 13.8. The topological polar surface area (TPSA) is 61.3 Å². The number of aryl methyl sites for hydroxylation is 1. The highest BCUT2D eigenvalue weighted by molar-refractivity contribution is 5.66. The van der Waals surface area contributed by atoms with Gasteiger partial charge in [-0.15, -0.1) is 0 Å². The molecule has 1 aromatic carbocycles. The quantitative estimate of drug-likeness (QED) is 0.699. The van der Waals surface area contributed by atoms with Gasteiger partial charge in [0.2, 0.25) is 11.9 Å². The lowest BCUT2D eigenvalue weighted by molar-refractivity contribution is 0.633. The summed E-state index contributed by atoms with van der Waals surface area (Å²) in [6.07, 6.45) is 4.63. The molecule has 2 aliphatic heterocycles. The highest BCUT2D eigenvalue weighted by Crippen LogP contribution is 2.33. The van der Waals surface area contributed by atoms with Gasteiger partial charge in [0.25, 0.3) is 0 Å². The third-order valence-electron chi connectivity index (χ3n) is 5.40. The van der Waals surface area contributed by atoms with Gasteiger partial charge in [0.05, 0.1) is 0 Å². The molecule has 3 aromatic rings. The molecule has 142 valence electrons. The fraction of sp³-hybridized carbons (Fsp3) is 0.333. The van der Waals surface area contributed by atoms with E-state index in [9.17, 15) is 0 Å². The smallest absolute Gasteiger partial charge is 0.232 e. The maximum Gasteiger partial charge on any atom is 0.232 e. The summed E-state index contributed by atoms with van der Waals surface area (Å²) in [5, 5.41) is 0. The Labute approximate surface area is 164 Å². The molecular formula is C21H23N7.